The summed E-state index contributed by atoms with van der Waals surface area (Å²) in [5.74, 6) is -2.12. The average molecular weight is 623 g/mol. The fourth-order valence-electron chi connectivity index (χ4n) is 5.30. The Hall–Kier alpha value is -4.45. The minimum absolute atomic E-state index is 0.0971. The summed E-state index contributed by atoms with van der Waals surface area (Å²) in [4.78, 5) is 67.0. The molecule has 1 aliphatic heterocycles. The predicted octanol–water partition coefficient (Wildman–Crippen LogP) is 0.762. The van der Waals surface area contributed by atoms with E-state index in [1.165, 1.54) is 19.1 Å². The van der Waals surface area contributed by atoms with Crippen LogP contribution in [0.1, 0.15) is 52.2 Å². The molecule has 1 aliphatic rings. The first kappa shape index (κ1) is 35.0. The Kier molecular flexibility index (Phi) is 12.1. The predicted molar refractivity (Wildman–Crippen MR) is 170 cm³/mol. The normalized spacial score (nSPS) is 17.9. The van der Waals surface area contributed by atoms with Gasteiger partial charge in [0.2, 0.25) is 29.5 Å². The first-order chi connectivity index (χ1) is 21.2. The first-order valence-electron chi connectivity index (χ1n) is 15.2. The van der Waals surface area contributed by atoms with Crippen molar-refractivity contribution in [1.29, 1.82) is 0 Å². The second-order valence-corrected chi connectivity index (χ2v) is 12.6. The minimum Gasteiger partial charge on any atom is -0.508 e. The summed E-state index contributed by atoms with van der Waals surface area (Å²) in [6.07, 6.45) is 0.853. The van der Waals surface area contributed by atoms with E-state index in [0.717, 1.165) is 11.1 Å². The third-order valence-electron chi connectivity index (χ3n) is 7.71. The van der Waals surface area contributed by atoms with Crippen LogP contribution >= 0.6 is 0 Å². The molecule has 244 valence electrons. The maximum atomic E-state index is 14.1. The summed E-state index contributed by atoms with van der Waals surface area (Å²) < 4.78 is 0. The molecule has 2 aromatic rings. The van der Waals surface area contributed by atoms with Crippen molar-refractivity contribution in [3.05, 3.63) is 65.7 Å². The molecule has 1 heterocycles. The molecule has 0 aliphatic carbocycles. The highest BCUT2D eigenvalue weighted by atomic mass is 16.3. The molecule has 0 aromatic heterocycles. The van der Waals surface area contributed by atoms with Gasteiger partial charge in [0, 0.05) is 13.0 Å². The molecule has 12 nitrogen and oxygen atoms in total. The van der Waals surface area contributed by atoms with E-state index in [1.807, 2.05) is 58.0 Å². The number of phenols is 1. The lowest BCUT2D eigenvalue weighted by molar-refractivity contribution is -0.154. The number of carbonyl (C=O) groups excluding carboxylic acids is 5. The van der Waals surface area contributed by atoms with E-state index in [1.54, 1.807) is 17.0 Å². The number of phenolic OH excluding ortho intramolecular Hbond substituents is 1. The molecule has 5 amide bonds. The molecule has 0 bridgehead atoms. The summed E-state index contributed by atoms with van der Waals surface area (Å²) in [6.45, 7) is 9.04. The monoisotopic (exact) mass is 622 g/mol. The van der Waals surface area contributed by atoms with E-state index in [9.17, 15) is 29.1 Å². The van der Waals surface area contributed by atoms with Crippen molar-refractivity contribution in [3.8, 4) is 5.75 Å². The lowest BCUT2D eigenvalue weighted by atomic mass is 9.89. The molecule has 4 atom stereocenters. The molecule has 45 heavy (non-hydrogen) atoms. The van der Waals surface area contributed by atoms with Crippen molar-refractivity contribution in [3.63, 3.8) is 0 Å². The number of carbonyl (C=O) groups is 5. The number of amides is 5. The molecule has 2 aromatic carbocycles. The molecular weight excluding hydrogens is 576 g/mol. The fourth-order valence-corrected chi connectivity index (χ4v) is 5.30. The van der Waals surface area contributed by atoms with Crippen LogP contribution in [0.2, 0.25) is 0 Å². The summed E-state index contributed by atoms with van der Waals surface area (Å²) in [5, 5.41) is 20.2. The average Bonchev–Trinajstić information content (AvgIpc) is 2.98. The smallest absolute Gasteiger partial charge is 0.246 e. The van der Waals surface area contributed by atoms with Crippen molar-refractivity contribution < 1.29 is 29.1 Å². The zero-order valence-electron chi connectivity index (χ0n) is 26.6. The van der Waals surface area contributed by atoms with Gasteiger partial charge in [0.25, 0.3) is 0 Å². The third-order valence-corrected chi connectivity index (χ3v) is 7.71. The van der Waals surface area contributed by atoms with Crippen LogP contribution in [0.25, 0.3) is 0 Å². The first-order valence-corrected chi connectivity index (χ1v) is 15.2. The van der Waals surface area contributed by atoms with Crippen molar-refractivity contribution in [2.45, 2.75) is 83.6 Å². The second kappa shape index (κ2) is 15.5. The fraction of sp³-hybridized carbons (Fsp3) is 0.485. The molecular formula is C33H46N6O6. The Morgan fingerprint density at radius 1 is 0.956 bits per heavy atom. The third kappa shape index (κ3) is 10.0. The van der Waals surface area contributed by atoms with Crippen LogP contribution in [0, 0.1) is 5.92 Å². The quantitative estimate of drug-likeness (QED) is 0.191. The van der Waals surface area contributed by atoms with Gasteiger partial charge < -0.3 is 37.0 Å². The van der Waals surface area contributed by atoms with Crippen LogP contribution in [-0.2, 0) is 36.8 Å². The Labute approximate surface area is 264 Å². The maximum absolute atomic E-state index is 14.1. The molecule has 1 fully saturated rings. The van der Waals surface area contributed by atoms with Gasteiger partial charge in [0.15, 0.2) is 0 Å². The van der Waals surface area contributed by atoms with E-state index < -0.39 is 54.0 Å². The molecule has 0 spiro atoms. The number of rotatable bonds is 13. The highest BCUT2D eigenvalue weighted by molar-refractivity contribution is 5.95. The van der Waals surface area contributed by atoms with Gasteiger partial charge in [-0.05, 0) is 62.8 Å². The van der Waals surface area contributed by atoms with E-state index in [0.29, 0.717) is 6.42 Å². The van der Waals surface area contributed by atoms with Crippen LogP contribution in [0.15, 0.2) is 54.6 Å². The second-order valence-electron chi connectivity index (χ2n) is 12.6. The molecule has 0 saturated carbocycles. The summed E-state index contributed by atoms with van der Waals surface area (Å²) in [6, 6.07) is 11.9. The van der Waals surface area contributed by atoms with Gasteiger partial charge in [-0.1, -0.05) is 56.3 Å². The van der Waals surface area contributed by atoms with Gasteiger partial charge in [-0.15, -0.1) is 0 Å². The Bertz CT molecular complexity index is 1350. The summed E-state index contributed by atoms with van der Waals surface area (Å²) in [7, 11) is 0. The number of piperazine rings is 1. The molecule has 3 rings (SSSR count). The summed E-state index contributed by atoms with van der Waals surface area (Å²) >= 11 is 0. The molecule has 2 unspecified atom stereocenters. The van der Waals surface area contributed by atoms with E-state index in [4.69, 9.17) is 5.73 Å². The van der Waals surface area contributed by atoms with Crippen molar-refractivity contribution in [2.24, 2.45) is 11.7 Å². The van der Waals surface area contributed by atoms with E-state index >= 15 is 0 Å². The van der Waals surface area contributed by atoms with Crippen LogP contribution in [0.5, 0.6) is 5.75 Å². The SMILES string of the molecule is CC(C)CC1C(=O)NCC(C)(C)N1C(=O)[C@H](Cc1ccccc1)NC(=O)CNC(=O)[C@@H](C)NC(=O)C(N)Cc1ccc(O)cc1. The van der Waals surface area contributed by atoms with E-state index in [-0.39, 0.29) is 42.9 Å². The van der Waals surface area contributed by atoms with Crippen molar-refractivity contribution >= 4 is 29.5 Å². The molecule has 12 heteroatoms. The number of benzene rings is 2. The molecule has 7 N–H and O–H groups in total. The Balaban J connectivity index is 1.65. The topological polar surface area (TPSA) is 183 Å². The van der Waals surface area contributed by atoms with Crippen LogP contribution in [-0.4, -0.2) is 82.3 Å². The van der Waals surface area contributed by atoms with Crippen LogP contribution in [0.4, 0.5) is 0 Å². The Morgan fingerprint density at radius 3 is 2.20 bits per heavy atom. The van der Waals surface area contributed by atoms with Crippen LogP contribution in [0.3, 0.4) is 0 Å². The largest absolute Gasteiger partial charge is 0.508 e. The van der Waals surface area contributed by atoms with Crippen LogP contribution < -0.4 is 27.0 Å². The number of hydrogen-bond donors (Lipinski definition) is 6. The van der Waals surface area contributed by atoms with Gasteiger partial charge in [0.1, 0.15) is 23.9 Å². The number of nitrogens with one attached hydrogen (secondary N) is 4. The highest BCUT2D eigenvalue weighted by Gasteiger charge is 2.46. The van der Waals surface area contributed by atoms with Gasteiger partial charge in [-0.3, -0.25) is 24.0 Å². The van der Waals surface area contributed by atoms with Crippen molar-refractivity contribution in [2.75, 3.05) is 13.1 Å². The highest BCUT2D eigenvalue weighted by Crippen LogP contribution is 2.27. The van der Waals surface area contributed by atoms with Gasteiger partial charge in [0.05, 0.1) is 18.1 Å². The molecule has 1 saturated heterocycles. The number of aromatic hydroxyl groups is 1. The van der Waals surface area contributed by atoms with Gasteiger partial charge in [-0.25, -0.2) is 0 Å². The minimum atomic E-state index is -0.994. The lowest BCUT2D eigenvalue weighted by Gasteiger charge is -2.48. The van der Waals surface area contributed by atoms with Gasteiger partial charge >= 0.3 is 0 Å². The Morgan fingerprint density at radius 2 is 1.58 bits per heavy atom. The van der Waals surface area contributed by atoms with Gasteiger partial charge in [-0.2, -0.15) is 0 Å². The standard InChI is InChI=1S/C33H46N6O6/c1-20(2)15-27-31(44)36-19-33(4,5)39(27)32(45)26(17-22-9-7-6-8-10-22)38-28(41)18-35-29(42)21(3)37-30(43)25(34)16-23-11-13-24(40)14-12-23/h6-14,20-21,25-27,40H,15-19,34H2,1-5H3,(H,35,42)(H,36,44)(H,37,43)(H,38,41)/t21-,25?,26+,27?/m1/s1. The lowest BCUT2D eigenvalue weighted by Crippen LogP contribution is -2.70. The number of hydrogen-bond acceptors (Lipinski definition) is 7. The summed E-state index contributed by atoms with van der Waals surface area (Å²) in [5.41, 5.74) is 6.86. The number of nitrogens with two attached hydrogens (primary N) is 1. The van der Waals surface area contributed by atoms with E-state index in [2.05, 4.69) is 21.3 Å². The molecule has 0 radical (unpaired) electrons. The van der Waals surface area contributed by atoms with Crippen molar-refractivity contribution in [1.82, 2.24) is 26.2 Å². The number of nitrogens with zero attached hydrogens (tertiary/aromatic N) is 1. The zero-order valence-corrected chi connectivity index (χ0v) is 26.6. The zero-order chi connectivity index (χ0) is 33.3. The maximum Gasteiger partial charge on any atom is 0.246 e.